The van der Waals surface area contributed by atoms with E-state index in [0.717, 1.165) is 41.8 Å². The predicted molar refractivity (Wildman–Crippen MR) is 108 cm³/mol. The Morgan fingerprint density at radius 1 is 1.11 bits per heavy atom. The van der Waals surface area contributed by atoms with Crippen molar-refractivity contribution in [1.82, 2.24) is 0 Å². The van der Waals surface area contributed by atoms with Gasteiger partial charge in [-0.15, -0.1) is 0 Å². The SMILES string of the molecule is O=C(O)[C@H]1C=[N+](Cc2ccc(N3CC(c4c(Cl)cccc4Cl)C3)cc2)CC1. The molecular weight excluding hydrogens is 383 g/mol. The second-order valence-corrected chi connectivity index (χ2v) is 8.07. The molecule has 0 unspecified atom stereocenters. The summed E-state index contributed by atoms with van der Waals surface area (Å²) in [6.45, 7) is 3.36. The summed E-state index contributed by atoms with van der Waals surface area (Å²) in [6, 6.07) is 14.2. The van der Waals surface area contributed by atoms with Crippen molar-refractivity contribution in [2.75, 3.05) is 24.5 Å². The summed E-state index contributed by atoms with van der Waals surface area (Å²) in [5.41, 5.74) is 3.42. The van der Waals surface area contributed by atoms with E-state index in [9.17, 15) is 4.79 Å². The van der Waals surface area contributed by atoms with Gasteiger partial charge in [-0.1, -0.05) is 41.4 Å². The van der Waals surface area contributed by atoms with E-state index in [1.807, 2.05) is 24.4 Å². The molecule has 140 valence electrons. The third kappa shape index (κ3) is 3.83. The van der Waals surface area contributed by atoms with Gasteiger partial charge < -0.3 is 10.0 Å². The quantitative estimate of drug-likeness (QED) is 0.757. The van der Waals surface area contributed by atoms with Gasteiger partial charge in [0.2, 0.25) is 0 Å². The van der Waals surface area contributed by atoms with Crippen molar-refractivity contribution < 1.29 is 14.5 Å². The number of carbonyl (C=O) groups is 1. The summed E-state index contributed by atoms with van der Waals surface area (Å²) in [6.07, 6.45) is 2.52. The third-order valence-electron chi connectivity index (χ3n) is 5.41. The molecule has 1 N–H and O–H groups in total. The van der Waals surface area contributed by atoms with Crippen LogP contribution in [0.3, 0.4) is 0 Å². The summed E-state index contributed by atoms with van der Waals surface area (Å²) in [5.74, 6) is -0.726. The molecule has 2 aromatic rings. The molecule has 4 rings (SSSR count). The summed E-state index contributed by atoms with van der Waals surface area (Å²) >= 11 is 12.6. The zero-order valence-electron chi connectivity index (χ0n) is 14.8. The Balaban J connectivity index is 1.37. The molecule has 0 aliphatic carbocycles. The van der Waals surface area contributed by atoms with Crippen LogP contribution >= 0.6 is 23.2 Å². The van der Waals surface area contributed by atoms with Crippen LogP contribution in [0.25, 0.3) is 0 Å². The smallest absolute Gasteiger partial charge is 0.316 e. The Morgan fingerprint density at radius 3 is 2.37 bits per heavy atom. The average molecular weight is 404 g/mol. The first kappa shape index (κ1) is 18.3. The van der Waals surface area contributed by atoms with Crippen LogP contribution in [-0.2, 0) is 11.3 Å². The fraction of sp³-hybridized carbons (Fsp3) is 0.333. The van der Waals surface area contributed by atoms with Crippen molar-refractivity contribution in [2.45, 2.75) is 18.9 Å². The van der Waals surface area contributed by atoms with E-state index < -0.39 is 5.97 Å². The van der Waals surface area contributed by atoms with Gasteiger partial charge in [-0.3, -0.25) is 4.79 Å². The highest BCUT2D eigenvalue weighted by Gasteiger charge is 2.31. The van der Waals surface area contributed by atoms with Crippen LogP contribution in [-0.4, -0.2) is 41.5 Å². The van der Waals surface area contributed by atoms with Crippen LogP contribution in [0.2, 0.25) is 10.0 Å². The van der Waals surface area contributed by atoms with Gasteiger partial charge in [-0.25, -0.2) is 4.58 Å². The molecule has 0 aromatic heterocycles. The molecule has 27 heavy (non-hydrogen) atoms. The molecule has 4 nitrogen and oxygen atoms in total. The van der Waals surface area contributed by atoms with Crippen molar-refractivity contribution in [3.8, 4) is 0 Å². The molecule has 2 aromatic carbocycles. The van der Waals surface area contributed by atoms with Gasteiger partial charge in [-0.05, 0) is 29.8 Å². The first-order valence-corrected chi connectivity index (χ1v) is 9.86. The van der Waals surface area contributed by atoms with E-state index in [1.54, 1.807) is 0 Å². The van der Waals surface area contributed by atoms with Crippen LogP contribution in [0.15, 0.2) is 42.5 Å². The second kappa shape index (κ2) is 7.53. The molecule has 0 saturated carbocycles. The van der Waals surface area contributed by atoms with Gasteiger partial charge >= 0.3 is 5.97 Å². The zero-order chi connectivity index (χ0) is 19.0. The monoisotopic (exact) mass is 403 g/mol. The van der Waals surface area contributed by atoms with Gasteiger partial charge in [0.25, 0.3) is 0 Å². The highest BCUT2D eigenvalue weighted by atomic mass is 35.5. The standard InChI is InChI=1S/C21H20Cl2N2O2/c22-18-2-1-3-19(23)20(18)16-12-25(13-16)17-6-4-14(5-7-17)10-24-9-8-15(11-24)21(26)27/h1-7,11,15-16H,8-10,12-13H2/p+1/t15-/m1/s1. The number of carboxylic acid groups (broad SMARTS) is 1. The Kier molecular flexibility index (Phi) is 5.11. The largest absolute Gasteiger partial charge is 0.481 e. The van der Waals surface area contributed by atoms with Crippen LogP contribution in [0.4, 0.5) is 5.69 Å². The van der Waals surface area contributed by atoms with Gasteiger partial charge in [0.05, 0.1) is 0 Å². The van der Waals surface area contributed by atoms with E-state index in [4.69, 9.17) is 28.3 Å². The maximum absolute atomic E-state index is 11.0. The van der Waals surface area contributed by atoms with Gasteiger partial charge in [0.15, 0.2) is 12.8 Å². The van der Waals surface area contributed by atoms with Gasteiger partial charge in [-0.2, -0.15) is 0 Å². The minimum absolute atomic E-state index is 0.348. The summed E-state index contributed by atoms with van der Waals surface area (Å²) in [7, 11) is 0. The molecule has 0 amide bonds. The number of hydrogen-bond donors (Lipinski definition) is 1. The van der Waals surface area contributed by atoms with Gasteiger partial charge in [0, 0.05) is 46.7 Å². The van der Waals surface area contributed by atoms with Crippen LogP contribution in [0.1, 0.15) is 23.5 Å². The lowest BCUT2D eigenvalue weighted by Crippen LogP contribution is -2.45. The van der Waals surface area contributed by atoms with E-state index in [0.29, 0.717) is 12.3 Å². The highest BCUT2D eigenvalue weighted by Crippen LogP contribution is 2.38. The Hall–Kier alpha value is -2.04. The van der Waals surface area contributed by atoms with Crippen molar-refractivity contribution in [3.63, 3.8) is 0 Å². The molecule has 1 fully saturated rings. The molecule has 1 saturated heterocycles. The van der Waals surface area contributed by atoms with Gasteiger partial charge in [0.1, 0.15) is 12.5 Å². The van der Waals surface area contributed by atoms with E-state index in [-0.39, 0.29) is 5.92 Å². The highest BCUT2D eigenvalue weighted by molar-refractivity contribution is 6.36. The second-order valence-electron chi connectivity index (χ2n) is 7.26. The lowest BCUT2D eigenvalue weighted by atomic mass is 9.90. The first-order valence-electron chi connectivity index (χ1n) is 9.11. The fourth-order valence-electron chi connectivity index (χ4n) is 3.85. The number of nitrogens with zero attached hydrogens (tertiary/aromatic N) is 2. The average Bonchev–Trinajstić information content (AvgIpc) is 3.06. The molecular formula is C21H21Cl2N2O2+. The molecule has 1 atom stereocenters. The number of hydrogen-bond acceptors (Lipinski definition) is 2. The van der Waals surface area contributed by atoms with Crippen molar-refractivity contribution in [2.24, 2.45) is 5.92 Å². The molecule has 0 radical (unpaired) electrons. The normalized spacial score (nSPS) is 19.7. The number of carboxylic acids is 1. The summed E-state index contributed by atoms with van der Waals surface area (Å²) < 4.78 is 2.09. The number of aliphatic carboxylic acids is 1. The number of anilines is 1. The van der Waals surface area contributed by atoms with E-state index in [1.165, 1.54) is 11.3 Å². The van der Waals surface area contributed by atoms with Crippen molar-refractivity contribution in [3.05, 3.63) is 63.6 Å². The number of benzene rings is 2. The van der Waals surface area contributed by atoms with Crippen LogP contribution in [0, 0.1) is 5.92 Å². The predicted octanol–water partition coefficient (Wildman–Crippen LogP) is 4.29. The van der Waals surface area contributed by atoms with E-state index in [2.05, 4.69) is 33.7 Å². The topological polar surface area (TPSA) is 43.5 Å². The number of halogens is 2. The molecule has 0 bridgehead atoms. The Bertz CT molecular complexity index is 869. The third-order valence-corrected chi connectivity index (χ3v) is 6.07. The van der Waals surface area contributed by atoms with Crippen molar-refractivity contribution >= 4 is 41.1 Å². The maximum Gasteiger partial charge on any atom is 0.316 e. The molecule has 2 aliphatic heterocycles. The molecule has 2 heterocycles. The van der Waals surface area contributed by atoms with Crippen molar-refractivity contribution in [1.29, 1.82) is 0 Å². The fourth-order valence-corrected chi connectivity index (χ4v) is 4.55. The summed E-state index contributed by atoms with van der Waals surface area (Å²) in [5, 5.41) is 10.6. The minimum atomic E-state index is -0.737. The van der Waals surface area contributed by atoms with E-state index >= 15 is 0 Å². The van der Waals surface area contributed by atoms with Crippen LogP contribution in [0.5, 0.6) is 0 Å². The first-order chi connectivity index (χ1) is 13.0. The lowest BCUT2D eigenvalue weighted by molar-refractivity contribution is -0.532. The Morgan fingerprint density at radius 2 is 1.78 bits per heavy atom. The molecule has 0 spiro atoms. The van der Waals surface area contributed by atoms with Crippen LogP contribution < -0.4 is 4.90 Å². The lowest BCUT2D eigenvalue weighted by Gasteiger charge is -2.42. The molecule has 6 heteroatoms. The zero-order valence-corrected chi connectivity index (χ0v) is 16.3. The minimum Gasteiger partial charge on any atom is -0.481 e. The Labute approximate surface area is 168 Å². The summed E-state index contributed by atoms with van der Waals surface area (Å²) in [4.78, 5) is 13.4. The number of rotatable bonds is 5. The maximum atomic E-state index is 11.0. The molecule has 2 aliphatic rings.